The molecule has 11 rings (SSSR count). The van der Waals surface area contributed by atoms with Gasteiger partial charge in [0.15, 0.2) is 11.6 Å². The minimum absolute atomic E-state index is 0.00358. The van der Waals surface area contributed by atoms with Gasteiger partial charge in [0.1, 0.15) is 75.1 Å². The van der Waals surface area contributed by atoms with Crippen molar-refractivity contribution in [1.29, 1.82) is 0 Å². The first kappa shape index (κ1) is 85.9. The van der Waals surface area contributed by atoms with Crippen molar-refractivity contribution >= 4 is 110 Å². The zero-order valence-corrected chi connectivity index (χ0v) is 65.1. The first-order chi connectivity index (χ1) is 51.8. The lowest BCUT2D eigenvalue weighted by Gasteiger charge is -2.15. The number of rotatable bonds is 24. The molecule has 0 spiro atoms. The van der Waals surface area contributed by atoms with Gasteiger partial charge in [0.2, 0.25) is 0 Å². The van der Waals surface area contributed by atoms with Gasteiger partial charge < -0.3 is 64.6 Å². The highest BCUT2D eigenvalue weighted by molar-refractivity contribution is 14.1. The number of carbonyl (C=O) groups excluding carboxylic acids is 2. The number of carbonyl (C=O) groups is 3. The number of carboxylic acids is 1. The lowest BCUT2D eigenvalue weighted by molar-refractivity contribution is 0.0695. The third kappa shape index (κ3) is 24.1. The van der Waals surface area contributed by atoms with E-state index in [0.29, 0.717) is 102 Å². The van der Waals surface area contributed by atoms with E-state index in [0.717, 1.165) is 18.3 Å². The maximum absolute atomic E-state index is 13.6. The quantitative estimate of drug-likeness (QED) is 0.0168. The number of Topliss-reactive ketones (excluding diaryl/α,β-unsaturated/α-hetero) is 2. The standard InChI is InChI=1S/C28H24ClFN2O4.C23H20ClFINO4.C14H14ClFN2O2.C8H7IO3.C5H6BNO2/c1-35-26-12-9-23(32-28(26)18-6-8-22(30)21(29)14-18)25(34)11-10-24(33)17-5-7-20(27(15-17)36-2)19-4-3-13-31-16-19;1-30-21-10-7-18(27-23(21)14-3-5-16(25)15(24)11-14)20(29)9-8-19(28)13-4-6-17(26)22(12-13)31-2;1-20-13-5-4-11(12(19)7-17)18-14(13)8-2-3-10(16)9(15)6-8;1-12-7-4-5(8(10)11)2-3-6(7)9;8-6(9)5-2-1-3-7-4-5/h3-9,12-16,25,34H,10-11H2,1-2H3;3-7,10-12,20,29H,8-9H2,1-2H3;2-6,12,19H,7,17H2,1H3;2-4H,1H3,(H,10,11);1-4,8-9H. The summed E-state index contributed by atoms with van der Waals surface area (Å²) in [6.07, 6.45) is 4.16. The Morgan fingerprint density at radius 2 is 0.824 bits per heavy atom. The molecule has 5 heterocycles. The lowest BCUT2D eigenvalue weighted by atomic mass is 9.82. The Hall–Kier alpha value is -9.38. The molecule has 0 aliphatic rings. The zero-order valence-electron chi connectivity index (χ0n) is 58.5. The number of nitrogens with zero attached hydrogens (tertiary/aromatic N) is 5. The van der Waals surface area contributed by atoms with Gasteiger partial charge in [-0.15, -0.1) is 0 Å². The third-order valence-corrected chi connectivity index (χ3v) is 18.4. The first-order valence-electron chi connectivity index (χ1n) is 32.3. The van der Waals surface area contributed by atoms with Gasteiger partial charge in [-0.3, -0.25) is 19.6 Å². The second kappa shape index (κ2) is 42.4. The Labute approximate surface area is 662 Å². The highest BCUT2D eigenvalue weighted by atomic mass is 127. The van der Waals surface area contributed by atoms with Crippen LogP contribution in [-0.4, -0.2) is 129 Å². The van der Waals surface area contributed by atoms with Crippen LogP contribution in [0.15, 0.2) is 195 Å². The fourth-order valence-electron chi connectivity index (χ4n) is 10.0. The number of methoxy groups -OCH3 is 6. The third-order valence-electron chi connectivity index (χ3n) is 15.8. The maximum atomic E-state index is 13.6. The number of nitrogens with two attached hydrogens (primary N) is 1. The summed E-state index contributed by atoms with van der Waals surface area (Å²) in [4.78, 5) is 57.1. The molecule has 562 valence electrons. The maximum Gasteiger partial charge on any atom is 0.490 e. The highest BCUT2D eigenvalue weighted by Crippen LogP contribution is 2.38. The van der Waals surface area contributed by atoms with Crippen molar-refractivity contribution in [3.63, 3.8) is 0 Å². The lowest BCUT2D eigenvalue weighted by Crippen LogP contribution is -2.29. The number of carboxylic acid groups (broad SMARTS) is 1. The Balaban J connectivity index is 0.000000203. The van der Waals surface area contributed by atoms with Crippen LogP contribution in [0.4, 0.5) is 13.2 Å². The van der Waals surface area contributed by atoms with Crippen LogP contribution in [0.2, 0.25) is 15.1 Å². The topological polar surface area (TPSA) is 318 Å². The summed E-state index contributed by atoms with van der Waals surface area (Å²) in [5, 5.41) is 56.8. The van der Waals surface area contributed by atoms with E-state index in [2.05, 4.69) is 70.1 Å². The Kier molecular flexibility index (Phi) is 33.7. The number of benzene rings is 6. The number of hydrogen-bond donors (Lipinski definition) is 7. The largest absolute Gasteiger partial charge is 0.496 e. The van der Waals surface area contributed by atoms with Crippen LogP contribution >= 0.6 is 80.0 Å². The van der Waals surface area contributed by atoms with Gasteiger partial charge >= 0.3 is 13.1 Å². The molecule has 30 heteroatoms. The SMILES string of the molecule is COc1cc(C(=O)CCC(O)c2ccc(OC)c(-c3ccc(F)c(Cl)c3)n2)ccc1-c1cccnc1.COc1cc(C(=O)CCC(O)c2ccc(OC)c(-c3ccc(F)c(Cl)c3)n2)ccc1I.COc1cc(C(=O)O)ccc1I.COc1ccc(C(O)CN)nc1-c1ccc(F)c(Cl)c1.OB(O)c1cccnc1. The molecule has 5 aromatic heterocycles. The van der Waals surface area contributed by atoms with Crippen LogP contribution in [0.25, 0.3) is 44.9 Å². The van der Waals surface area contributed by atoms with Crippen LogP contribution < -0.4 is 39.6 Å². The molecule has 0 amide bonds. The van der Waals surface area contributed by atoms with Gasteiger partial charge in [-0.1, -0.05) is 59.1 Å². The molecule has 6 aromatic carbocycles. The molecule has 11 aromatic rings. The van der Waals surface area contributed by atoms with Crippen molar-refractivity contribution < 1.29 is 86.5 Å². The number of aromatic nitrogens is 5. The van der Waals surface area contributed by atoms with Gasteiger partial charge in [0.25, 0.3) is 0 Å². The van der Waals surface area contributed by atoms with Crippen molar-refractivity contribution in [2.45, 2.75) is 44.0 Å². The summed E-state index contributed by atoms with van der Waals surface area (Å²) in [5.41, 5.74) is 13.0. The molecule has 108 heavy (non-hydrogen) atoms. The zero-order chi connectivity index (χ0) is 78.7. The van der Waals surface area contributed by atoms with Gasteiger partial charge in [-0.05, 0) is 204 Å². The van der Waals surface area contributed by atoms with Gasteiger partial charge in [0.05, 0.1) is 99.7 Å². The summed E-state index contributed by atoms with van der Waals surface area (Å²) in [6.45, 7) is 0.0585. The van der Waals surface area contributed by atoms with Gasteiger partial charge in [-0.25, -0.2) is 32.9 Å². The molecule has 0 bridgehead atoms. The highest BCUT2D eigenvalue weighted by Gasteiger charge is 2.22. The van der Waals surface area contributed by atoms with E-state index in [1.165, 1.54) is 89.2 Å². The summed E-state index contributed by atoms with van der Waals surface area (Å²) >= 11 is 21.8. The number of aromatic carboxylic acids is 1. The number of aliphatic hydroxyl groups is 3. The predicted molar refractivity (Wildman–Crippen MR) is 423 cm³/mol. The van der Waals surface area contributed by atoms with E-state index < -0.39 is 48.9 Å². The normalized spacial score (nSPS) is 11.4. The smallest absolute Gasteiger partial charge is 0.490 e. The van der Waals surface area contributed by atoms with E-state index in [-0.39, 0.29) is 64.4 Å². The fraction of sp³-hybridized carbons (Fsp3) is 0.179. The summed E-state index contributed by atoms with van der Waals surface area (Å²) in [6, 6.07) is 44.9. The van der Waals surface area contributed by atoms with Crippen LogP contribution in [0.3, 0.4) is 0 Å². The fourth-order valence-corrected chi connectivity index (χ4v) is 11.7. The average molecular weight is 1760 g/mol. The van der Waals surface area contributed by atoms with E-state index >= 15 is 0 Å². The molecule has 0 radical (unpaired) electrons. The van der Waals surface area contributed by atoms with Crippen molar-refractivity contribution in [3.05, 3.63) is 268 Å². The molecular weight excluding hydrogens is 1690 g/mol. The monoisotopic (exact) mass is 1760 g/mol. The number of ketones is 2. The van der Waals surface area contributed by atoms with Crippen LogP contribution in [0, 0.1) is 24.6 Å². The number of pyridine rings is 5. The molecule has 0 aliphatic heterocycles. The summed E-state index contributed by atoms with van der Waals surface area (Å²) < 4.78 is 73.8. The molecular formula is C78H71BCl3F3I2N6O15. The van der Waals surface area contributed by atoms with E-state index in [1.54, 1.807) is 124 Å². The van der Waals surface area contributed by atoms with Gasteiger partial charge in [-0.2, -0.15) is 0 Å². The first-order valence-corrected chi connectivity index (χ1v) is 35.6. The molecule has 0 saturated carbocycles. The van der Waals surface area contributed by atoms with E-state index in [4.69, 9.17) is 84.1 Å². The number of halogens is 8. The number of aliphatic hydroxyl groups excluding tert-OH is 3. The minimum Gasteiger partial charge on any atom is -0.496 e. The van der Waals surface area contributed by atoms with Crippen LogP contribution in [0.5, 0.6) is 34.5 Å². The Bertz CT molecular complexity index is 4880. The molecule has 21 nitrogen and oxygen atoms in total. The molecule has 0 aliphatic carbocycles. The van der Waals surface area contributed by atoms with Crippen molar-refractivity contribution in [1.82, 2.24) is 24.9 Å². The second-order valence-electron chi connectivity index (χ2n) is 22.8. The predicted octanol–water partition coefficient (Wildman–Crippen LogP) is 15.5. The summed E-state index contributed by atoms with van der Waals surface area (Å²) in [5.74, 6) is 0.433. The molecule has 8 N–H and O–H groups in total. The second-order valence-corrected chi connectivity index (χ2v) is 26.3. The Morgan fingerprint density at radius 1 is 0.454 bits per heavy atom. The average Bonchev–Trinajstić information content (AvgIpc) is 0.825. The van der Waals surface area contributed by atoms with Crippen molar-refractivity contribution in [3.8, 4) is 79.4 Å². The molecule has 0 fully saturated rings. The molecule has 3 unspecified atom stereocenters. The Morgan fingerprint density at radius 3 is 1.17 bits per heavy atom. The minimum atomic E-state index is -1.40. The summed E-state index contributed by atoms with van der Waals surface area (Å²) in [7, 11) is 7.71. The molecule has 3 atom stereocenters. The number of ether oxygens (including phenoxy) is 6. The van der Waals surface area contributed by atoms with Gasteiger partial charge in [0, 0.05) is 88.6 Å². The van der Waals surface area contributed by atoms with E-state index in [9.17, 15) is 42.9 Å². The number of hydrogen-bond acceptors (Lipinski definition) is 20. The van der Waals surface area contributed by atoms with Crippen LogP contribution in [0.1, 0.15) is 92.2 Å². The van der Waals surface area contributed by atoms with Crippen molar-refractivity contribution in [2.24, 2.45) is 5.73 Å². The van der Waals surface area contributed by atoms with Crippen molar-refractivity contribution in [2.75, 3.05) is 49.2 Å². The van der Waals surface area contributed by atoms with E-state index in [1.807, 2.05) is 24.3 Å². The molecule has 0 saturated heterocycles. The van der Waals surface area contributed by atoms with Crippen LogP contribution in [-0.2, 0) is 0 Å².